The zero-order valence-electron chi connectivity index (χ0n) is 17.2. The van der Waals surface area contributed by atoms with Crippen molar-refractivity contribution in [3.63, 3.8) is 0 Å². The Balaban J connectivity index is 1.93. The Bertz CT molecular complexity index is 1130. The Hall–Kier alpha value is -2.98. The fourth-order valence-corrected chi connectivity index (χ4v) is 5.59. The Morgan fingerprint density at radius 1 is 1.19 bits per heavy atom. The molecule has 164 valence electrons. The third kappa shape index (κ3) is 3.01. The van der Waals surface area contributed by atoms with Gasteiger partial charge in [0.05, 0.1) is 18.6 Å². The van der Waals surface area contributed by atoms with Crippen molar-refractivity contribution in [1.82, 2.24) is 4.41 Å². The number of carbonyl (C=O) groups excluding carboxylic acids is 1. The van der Waals surface area contributed by atoms with Crippen molar-refractivity contribution in [3.05, 3.63) is 59.7 Å². The van der Waals surface area contributed by atoms with E-state index >= 15 is 0 Å². The highest BCUT2D eigenvalue weighted by Crippen LogP contribution is 2.52. The van der Waals surface area contributed by atoms with Gasteiger partial charge in [-0.3, -0.25) is 0 Å². The van der Waals surface area contributed by atoms with Crippen LogP contribution in [0.3, 0.4) is 0 Å². The molecule has 0 amide bonds. The number of esters is 1. The smallest absolute Gasteiger partial charge is 0.341 e. The summed E-state index contributed by atoms with van der Waals surface area (Å²) in [7, 11) is -2.91. The summed E-state index contributed by atoms with van der Waals surface area (Å²) in [6, 6.07) is 12.5. The number of sulfonamides is 1. The molecule has 0 bridgehead atoms. The van der Waals surface area contributed by atoms with Crippen LogP contribution in [0.5, 0.6) is 5.75 Å². The predicted octanol–water partition coefficient (Wildman–Crippen LogP) is 2.55. The van der Waals surface area contributed by atoms with E-state index in [1.165, 1.54) is 31.4 Å². The van der Waals surface area contributed by atoms with Crippen LogP contribution in [0.2, 0.25) is 0 Å². The first-order chi connectivity index (χ1) is 14.8. The molecule has 0 aromatic heterocycles. The van der Waals surface area contributed by atoms with Gasteiger partial charge >= 0.3 is 5.97 Å². The maximum absolute atomic E-state index is 13.6. The third-order valence-electron chi connectivity index (χ3n) is 5.73. The van der Waals surface area contributed by atoms with Gasteiger partial charge in [-0.2, -0.15) is 8.42 Å². The van der Waals surface area contributed by atoms with Crippen LogP contribution < -0.4 is 4.74 Å². The monoisotopic (exact) mass is 445 g/mol. The van der Waals surface area contributed by atoms with Gasteiger partial charge in [-0.05, 0) is 56.0 Å². The first-order valence-corrected chi connectivity index (χ1v) is 11.4. The van der Waals surface area contributed by atoms with E-state index in [4.69, 9.17) is 9.47 Å². The van der Waals surface area contributed by atoms with Crippen LogP contribution in [-0.4, -0.2) is 43.2 Å². The van der Waals surface area contributed by atoms with E-state index < -0.39 is 27.3 Å². The van der Waals surface area contributed by atoms with Crippen LogP contribution in [0, 0.1) is 0 Å². The number of benzene rings is 2. The molecule has 31 heavy (non-hydrogen) atoms. The van der Waals surface area contributed by atoms with Gasteiger partial charge in [0.1, 0.15) is 5.75 Å². The normalized spacial score (nSPS) is 24.8. The fraction of sp³-hybridized carbons (Fsp3) is 0.381. The van der Waals surface area contributed by atoms with E-state index in [9.17, 15) is 18.3 Å². The first-order valence-electron chi connectivity index (χ1n) is 9.91. The van der Waals surface area contributed by atoms with E-state index in [0.717, 1.165) is 5.56 Å². The van der Waals surface area contributed by atoms with Crippen molar-refractivity contribution in [2.45, 2.75) is 42.3 Å². The van der Waals surface area contributed by atoms with Crippen LogP contribution >= 0.6 is 0 Å². The van der Waals surface area contributed by atoms with E-state index in [2.05, 4.69) is 10.3 Å². The topological polar surface area (TPSA) is 118 Å². The lowest BCUT2D eigenvalue weighted by Gasteiger charge is -2.39. The molecule has 9 nitrogen and oxygen atoms in total. The number of rotatable bonds is 5. The highest BCUT2D eigenvalue weighted by atomic mass is 32.2. The lowest BCUT2D eigenvalue weighted by atomic mass is 9.80. The molecular formula is C21H23N3O6S. The Kier molecular flexibility index (Phi) is 5.22. The van der Waals surface area contributed by atoms with E-state index in [0.29, 0.717) is 23.0 Å². The summed E-state index contributed by atoms with van der Waals surface area (Å²) < 4.78 is 38.0. The van der Waals surface area contributed by atoms with Gasteiger partial charge in [-0.1, -0.05) is 29.5 Å². The van der Waals surface area contributed by atoms with E-state index in [1.54, 1.807) is 31.2 Å². The van der Waals surface area contributed by atoms with E-state index in [-0.39, 0.29) is 23.5 Å². The number of carbonyl (C=O) groups is 1. The largest absolute Gasteiger partial charge is 0.497 e. The van der Waals surface area contributed by atoms with Crippen LogP contribution in [0.1, 0.15) is 30.9 Å². The number of methoxy groups -OCH3 is 1. The minimum atomic E-state index is -4.38. The molecule has 1 heterocycles. The molecule has 0 radical (unpaired) electrons. The molecule has 4 rings (SSSR count). The maximum atomic E-state index is 13.6. The second-order valence-electron chi connectivity index (χ2n) is 7.38. The summed E-state index contributed by atoms with van der Waals surface area (Å²) in [6.07, 6.45) is 1.12. The van der Waals surface area contributed by atoms with Crippen molar-refractivity contribution >= 4 is 16.0 Å². The molecule has 2 aromatic rings. The van der Waals surface area contributed by atoms with Gasteiger partial charge in [-0.25, -0.2) is 4.79 Å². The molecule has 2 atom stereocenters. The first kappa shape index (κ1) is 21.3. The quantitative estimate of drug-likeness (QED) is 0.707. The lowest BCUT2D eigenvalue weighted by Crippen LogP contribution is -2.61. The maximum Gasteiger partial charge on any atom is 0.341 e. The van der Waals surface area contributed by atoms with Crippen molar-refractivity contribution in [2.24, 2.45) is 10.3 Å². The van der Waals surface area contributed by atoms with Crippen LogP contribution in [0.25, 0.3) is 0 Å². The molecule has 1 aliphatic carbocycles. The number of hydrogen-bond acceptors (Lipinski definition) is 8. The van der Waals surface area contributed by atoms with Gasteiger partial charge in [0, 0.05) is 5.56 Å². The minimum Gasteiger partial charge on any atom is -0.497 e. The molecule has 0 saturated heterocycles. The Morgan fingerprint density at radius 3 is 2.58 bits per heavy atom. The summed E-state index contributed by atoms with van der Waals surface area (Å²) >= 11 is 0. The van der Waals surface area contributed by atoms with Crippen LogP contribution in [0.4, 0.5) is 0 Å². The van der Waals surface area contributed by atoms with Crippen molar-refractivity contribution < 1.29 is 27.8 Å². The molecule has 10 heteroatoms. The molecule has 2 aliphatic rings. The SMILES string of the molecule is CCOC(=O)C12CCCc3ccccc3C1(O)N(S(=O)(=O)c1ccc(OC)cc1)N=N2. The second-order valence-corrected chi connectivity index (χ2v) is 9.14. The number of aliphatic hydroxyl groups is 1. The van der Waals surface area contributed by atoms with Crippen LogP contribution in [0.15, 0.2) is 63.8 Å². The summed E-state index contributed by atoms with van der Waals surface area (Å²) in [4.78, 5) is 13.0. The summed E-state index contributed by atoms with van der Waals surface area (Å²) in [5, 5.41) is 20.0. The highest BCUT2D eigenvalue weighted by molar-refractivity contribution is 7.89. The second kappa shape index (κ2) is 7.61. The van der Waals surface area contributed by atoms with Crippen molar-refractivity contribution in [2.75, 3.05) is 13.7 Å². The Labute approximate surface area is 180 Å². The average molecular weight is 445 g/mol. The van der Waals surface area contributed by atoms with Crippen LogP contribution in [-0.2, 0) is 31.7 Å². The number of nitrogens with zero attached hydrogens (tertiary/aromatic N) is 3. The zero-order chi connectivity index (χ0) is 22.3. The number of hydrogen-bond donors (Lipinski definition) is 1. The van der Waals surface area contributed by atoms with Crippen molar-refractivity contribution in [1.29, 1.82) is 0 Å². The standard InChI is InChI=1S/C21H23N3O6S/c1-3-30-19(25)20-14-6-8-15-7-4-5-9-18(15)21(20,26)24(23-22-20)31(27,28)17-12-10-16(29-2)11-13-17/h4-5,7,9-13,26H,3,6,8,14H2,1-2H3. The predicted molar refractivity (Wildman–Crippen MR) is 110 cm³/mol. The highest BCUT2D eigenvalue weighted by Gasteiger charge is 2.69. The molecule has 2 aromatic carbocycles. The zero-order valence-corrected chi connectivity index (χ0v) is 18.0. The molecule has 0 spiro atoms. The lowest BCUT2D eigenvalue weighted by molar-refractivity contribution is -0.171. The number of fused-ring (bicyclic) bond motifs is 3. The van der Waals surface area contributed by atoms with Gasteiger partial charge in [0.15, 0.2) is 0 Å². The van der Waals surface area contributed by atoms with Crippen molar-refractivity contribution in [3.8, 4) is 5.75 Å². The van der Waals surface area contributed by atoms with Gasteiger partial charge < -0.3 is 14.6 Å². The molecule has 2 unspecified atom stereocenters. The average Bonchev–Trinajstić information content (AvgIpc) is 3.02. The minimum absolute atomic E-state index is 0.0546. The summed E-state index contributed by atoms with van der Waals surface area (Å²) in [5.41, 5.74) is -3.29. The Morgan fingerprint density at radius 2 is 1.90 bits per heavy atom. The molecule has 1 aliphatic heterocycles. The van der Waals surface area contributed by atoms with E-state index in [1.807, 2.05) is 0 Å². The summed E-state index contributed by atoms with van der Waals surface area (Å²) in [6.45, 7) is 1.69. The number of ether oxygens (including phenoxy) is 2. The molecule has 1 N–H and O–H groups in total. The summed E-state index contributed by atoms with van der Waals surface area (Å²) in [5.74, 6) is -0.341. The molecule has 0 fully saturated rings. The fourth-order valence-electron chi connectivity index (χ4n) is 4.18. The molecular weight excluding hydrogens is 422 g/mol. The third-order valence-corrected chi connectivity index (χ3v) is 7.39. The molecule has 0 saturated carbocycles. The van der Waals surface area contributed by atoms with Gasteiger partial charge in [-0.15, -0.1) is 9.53 Å². The van der Waals surface area contributed by atoms with Gasteiger partial charge in [0.2, 0.25) is 11.3 Å². The number of aryl methyl sites for hydroxylation is 1. The van der Waals surface area contributed by atoms with Gasteiger partial charge in [0.25, 0.3) is 10.0 Å².